The fourth-order valence-corrected chi connectivity index (χ4v) is 2.83. The molecule has 0 radical (unpaired) electrons. The standard InChI is InChI=1S/C16H16ClNO5S/c1-21-16(22-2)10-23-15-9-13(7-8-14(15)18(19)20)24-12-5-3-11(17)4-6-12/h3-9,16H,10H2,1-2H3. The van der Waals surface area contributed by atoms with Gasteiger partial charge < -0.3 is 14.2 Å². The number of nitro benzene ring substituents is 1. The first-order valence-corrected chi connectivity index (χ1v) is 8.13. The van der Waals surface area contributed by atoms with Crippen LogP contribution in [-0.2, 0) is 9.47 Å². The van der Waals surface area contributed by atoms with Gasteiger partial charge in [0.2, 0.25) is 0 Å². The average Bonchev–Trinajstić information content (AvgIpc) is 2.58. The summed E-state index contributed by atoms with van der Waals surface area (Å²) in [7, 11) is 2.94. The Morgan fingerprint density at radius 1 is 1.12 bits per heavy atom. The molecule has 0 unspecified atom stereocenters. The Hall–Kier alpha value is -1.80. The monoisotopic (exact) mass is 369 g/mol. The van der Waals surface area contributed by atoms with Gasteiger partial charge in [-0.25, -0.2) is 0 Å². The smallest absolute Gasteiger partial charge is 0.310 e. The molecular formula is C16H16ClNO5S. The second-order valence-corrected chi connectivity index (χ2v) is 6.24. The van der Waals surface area contributed by atoms with Crippen LogP contribution in [0.15, 0.2) is 52.3 Å². The van der Waals surface area contributed by atoms with E-state index in [1.54, 1.807) is 24.3 Å². The van der Waals surface area contributed by atoms with Gasteiger partial charge in [0.15, 0.2) is 12.0 Å². The number of nitro groups is 1. The summed E-state index contributed by atoms with van der Waals surface area (Å²) in [6.45, 7) is 0.0445. The Morgan fingerprint density at radius 3 is 2.33 bits per heavy atom. The zero-order valence-corrected chi connectivity index (χ0v) is 14.7. The van der Waals surface area contributed by atoms with Gasteiger partial charge >= 0.3 is 5.69 Å². The molecule has 8 heteroatoms. The first-order chi connectivity index (χ1) is 11.5. The molecule has 0 aromatic heterocycles. The SMILES string of the molecule is COC(COc1cc(Sc2ccc(Cl)cc2)ccc1[N+](=O)[O-])OC. The van der Waals surface area contributed by atoms with Gasteiger partial charge in [0.05, 0.1) is 4.92 Å². The molecule has 128 valence electrons. The molecule has 2 aromatic carbocycles. The van der Waals surface area contributed by atoms with Crippen molar-refractivity contribution in [1.29, 1.82) is 0 Å². The lowest BCUT2D eigenvalue weighted by molar-refractivity contribution is -0.386. The van der Waals surface area contributed by atoms with E-state index in [1.807, 2.05) is 12.1 Å². The molecule has 6 nitrogen and oxygen atoms in total. The molecule has 0 saturated heterocycles. The predicted molar refractivity (Wildman–Crippen MR) is 92.0 cm³/mol. The summed E-state index contributed by atoms with van der Waals surface area (Å²) in [5.41, 5.74) is -0.110. The van der Waals surface area contributed by atoms with Crippen molar-refractivity contribution < 1.29 is 19.1 Å². The van der Waals surface area contributed by atoms with Crippen LogP contribution in [0.1, 0.15) is 0 Å². The molecule has 0 saturated carbocycles. The molecule has 0 spiro atoms. The van der Waals surface area contributed by atoms with E-state index in [-0.39, 0.29) is 18.0 Å². The Kier molecular flexibility index (Phi) is 6.86. The molecule has 0 aliphatic carbocycles. The van der Waals surface area contributed by atoms with Crippen LogP contribution >= 0.6 is 23.4 Å². The van der Waals surface area contributed by atoms with Crippen molar-refractivity contribution in [3.63, 3.8) is 0 Å². The summed E-state index contributed by atoms with van der Waals surface area (Å²) in [6.07, 6.45) is -0.600. The van der Waals surface area contributed by atoms with Crippen LogP contribution in [-0.4, -0.2) is 32.0 Å². The lowest BCUT2D eigenvalue weighted by Gasteiger charge is -2.14. The van der Waals surface area contributed by atoms with E-state index in [4.69, 9.17) is 25.8 Å². The number of halogens is 1. The van der Waals surface area contributed by atoms with Crippen molar-refractivity contribution >= 4 is 29.1 Å². The van der Waals surface area contributed by atoms with Crippen LogP contribution in [0.2, 0.25) is 5.02 Å². The van der Waals surface area contributed by atoms with Gasteiger partial charge in [-0.05, 0) is 30.3 Å². The minimum absolute atomic E-state index is 0.0445. The lowest BCUT2D eigenvalue weighted by Crippen LogP contribution is -2.22. The van der Waals surface area contributed by atoms with Crippen molar-refractivity contribution in [1.82, 2.24) is 0 Å². The Balaban J connectivity index is 2.19. The average molecular weight is 370 g/mol. The van der Waals surface area contributed by atoms with E-state index >= 15 is 0 Å². The normalized spacial score (nSPS) is 10.8. The van der Waals surface area contributed by atoms with E-state index < -0.39 is 11.2 Å². The summed E-state index contributed by atoms with van der Waals surface area (Å²) in [4.78, 5) is 12.4. The molecule has 2 rings (SSSR count). The van der Waals surface area contributed by atoms with Gasteiger partial charge in [0, 0.05) is 41.2 Å². The number of hydrogen-bond donors (Lipinski definition) is 0. The van der Waals surface area contributed by atoms with Gasteiger partial charge in [-0.15, -0.1) is 0 Å². The second kappa shape index (κ2) is 8.89. The van der Waals surface area contributed by atoms with E-state index in [0.717, 1.165) is 9.79 Å². The molecule has 0 heterocycles. The molecule has 0 aliphatic rings. The summed E-state index contributed by atoms with van der Waals surface area (Å²) in [5.74, 6) is 0.165. The third-order valence-corrected chi connectivity index (χ3v) is 4.33. The minimum atomic E-state index is -0.600. The highest BCUT2D eigenvalue weighted by Gasteiger charge is 2.18. The largest absolute Gasteiger partial charge is 0.481 e. The highest BCUT2D eigenvalue weighted by molar-refractivity contribution is 7.99. The lowest BCUT2D eigenvalue weighted by atomic mass is 10.3. The van der Waals surface area contributed by atoms with Crippen molar-refractivity contribution in [2.45, 2.75) is 16.1 Å². The number of methoxy groups -OCH3 is 2. The molecule has 0 amide bonds. The van der Waals surface area contributed by atoms with E-state index in [1.165, 1.54) is 32.0 Å². The number of benzene rings is 2. The third-order valence-electron chi connectivity index (χ3n) is 3.08. The van der Waals surface area contributed by atoms with Crippen LogP contribution < -0.4 is 4.74 Å². The number of rotatable bonds is 8. The number of nitrogens with zero attached hydrogens (tertiary/aromatic N) is 1. The predicted octanol–water partition coefficient (Wildman–Crippen LogP) is 4.40. The quantitative estimate of drug-likeness (QED) is 0.390. The topological polar surface area (TPSA) is 70.8 Å². The summed E-state index contributed by atoms with van der Waals surface area (Å²) >= 11 is 7.32. The van der Waals surface area contributed by atoms with Crippen LogP contribution in [0.5, 0.6) is 5.75 Å². The third kappa shape index (κ3) is 5.10. The van der Waals surface area contributed by atoms with Crippen molar-refractivity contribution in [3.8, 4) is 5.75 Å². The van der Waals surface area contributed by atoms with Gasteiger partial charge in [0.1, 0.15) is 6.61 Å². The molecular weight excluding hydrogens is 354 g/mol. The highest BCUT2D eigenvalue weighted by Crippen LogP contribution is 2.35. The molecule has 0 N–H and O–H groups in total. The van der Waals surface area contributed by atoms with Crippen molar-refractivity contribution in [3.05, 3.63) is 57.6 Å². The van der Waals surface area contributed by atoms with Crippen LogP contribution in [0, 0.1) is 10.1 Å². The minimum Gasteiger partial charge on any atom is -0.481 e. The molecule has 0 bridgehead atoms. The Bertz CT molecular complexity index is 691. The summed E-state index contributed by atoms with van der Waals surface area (Å²) in [6, 6.07) is 12.0. The van der Waals surface area contributed by atoms with Gasteiger partial charge in [-0.2, -0.15) is 0 Å². The van der Waals surface area contributed by atoms with Crippen molar-refractivity contribution in [2.24, 2.45) is 0 Å². The van der Waals surface area contributed by atoms with Gasteiger partial charge in [-0.3, -0.25) is 10.1 Å². The first-order valence-electron chi connectivity index (χ1n) is 6.93. The Labute approximate surface area is 148 Å². The summed E-state index contributed by atoms with van der Waals surface area (Å²) in [5, 5.41) is 11.8. The number of hydrogen-bond acceptors (Lipinski definition) is 6. The van der Waals surface area contributed by atoms with E-state index in [0.29, 0.717) is 5.02 Å². The van der Waals surface area contributed by atoms with Gasteiger partial charge in [-0.1, -0.05) is 23.4 Å². The van der Waals surface area contributed by atoms with Crippen LogP contribution in [0.4, 0.5) is 5.69 Å². The van der Waals surface area contributed by atoms with Crippen molar-refractivity contribution in [2.75, 3.05) is 20.8 Å². The van der Waals surface area contributed by atoms with Crippen LogP contribution in [0.25, 0.3) is 0 Å². The zero-order valence-electron chi connectivity index (χ0n) is 13.1. The molecule has 0 aliphatic heterocycles. The maximum absolute atomic E-state index is 11.2. The van der Waals surface area contributed by atoms with Crippen LogP contribution in [0.3, 0.4) is 0 Å². The highest BCUT2D eigenvalue weighted by atomic mass is 35.5. The van der Waals surface area contributed by atoms with Gasteiger partial charge in [0.25, 0.3) is 0 Å². The molecule has 0 atom stereocenters. The maximum atomic E-state index is 11.2. The first kappa shape index (κ1) is 18.5. The Morgan fingerprint density at radius 2 is 1.75 bits per heavy atom. The van der Waals surface area contributed by atoms with E-state index in [2.05, 4.69) is 0 Å². The second-order valence-electron chi connectivity index (χ2n) is 4.65. The number of ether oxygens (including phenoxy) is 3. The fourth-order valence-electron chi connectivity index (χ4n) is 1.85. The molecule has 24 heavy (non-hydrogen) atoms. The molecule has 0 fully saturated rings. The maximum Gasteiger partial charge on any atom is 0.310 e. The molecule has 2 aromatic rings. The zero-order chi connectivity index (χ0) is 17.5. The van der Waals surface area contributed by atoms with E-state index in [9.17, 15) is 10.1 Å². The summed E-state index contributed by atoms with van der Waals surface area (Å²) < 4.78 is 15.6. The fraction of sp³-hybridized carbons (Fsp3) is 0.250.